The van der Waals surface area contributed by atoms with E-state index in [0.29, 0.717) is 0 Å². The standard InChI is InChI=1S/C16H25N4P/c1-13(5-17)9-21(10-14(2)6-18,11-15(3)7-19)12-16(4)8-20/h13-16,21H,9-12H2,1-4H3. The van der Waals surface area contributed by atoms with Gasteiger partial charge in [-0.3, -0.25) is 0 Å². The average molecular weight is 304 g/mol. The fourth-order valence-electron chi connectivity index (χ4n) is 3.28. The molecular formula is C16H25N4P. The van der Waals surface area contributed by atoms with Crippen LogP contribution in [0.25, 0.3) is 0 Å². The molecular weight excluding hydrogens is 279 g/mol. The summed E-state index contributed by atoms with van der Waals surface area (Å²) in [6, 6.07) is 9.12. The van der Waals surface area contributed by atoms with Gasteiger partial charge >= 0.3 is 129 Å². The van der Waals surface area contributed by atoms with Crippen LogP contribution < -0.4 is 0 Å². The summed E-state index contributed by atoms with van der Waals surface area (Å²) in [6.45, 7) is 7.58. The van der Waals surface area contributed by atoms with Crippen LogP contribution in [0.5, 0.6) is 0 Å². The first-order valence-electron chi connectivity index (χ1n) is 7.41. The van der Waals surface area contributed by atoms with Crippen LogP contribution in [0.1, 0.15) is 27.7 Å². The predicted octanol–water partition coefficient (Wildman–Crippen LogP) is 3.38. The van der Waals surface area contributed by atoms with Gasteiger partial charge in [0.2, 0.25) is 0 Å². The molecule has 0 aromatic carbocycles. The Bertz CT molecular complexity index is 395. The molecule has 0 N–H and O–H groups in total. The minimum absolute atomic E-state index is 0.0839. The van der Waals surface area contributed by atoms with E-state index in [4.69, 9.17) is 21.0 Å². The van der Waals surface area contributed by atoms with E-state index in [9.17, 15) is 0 Å². The van der Waals surface area contributed by atoms with E-state index in [2.05, 4.69) is 24.3 Å². The molecule has 0 rings (SSSR count). The van der Waals surface area contributed by atoms with Crippen molar-refractivity contribution in [1.29, 1.82) is 21.0 Å². The van der Waals surface area contributed by atoms with E-state index in [1.54, 1.807) is 0 Å². The number of hydrogen-bond acceptors (Lipinski definition) is 4. The molecule has 0 fully saturated rings. The summed E-state index contributed by atoms with van der Waals surface area (Å²) in [6.07, 6.45) is 3.09. The van der Waals surface area contributed by atoms with Gasteiger partial charge in [-0.1, -0.05) is 0 Å². The van der Waals surface area contributed by atoms with E-state index in [1.165, 1.54) is 0 Å². The Labute approximate surface area is 129 Å². The third kappa shape index (κ3) is 7.09. The molecule has 4 atom stereocenters. The molecule has 0 aromatic rings. The zero-order valence-corrected chi connectivity index (χ0v) is 14.4. The van der Waals surface area contributed by atoms with Gasteiger partial charge in [-0.15, -0.1) is 0 Å². The van der Waals surface area contributed by atoms with Crippen molar-refractivity contribution in [2.24, 2.45) is 23.7 Å². The summed E-state index contributed by atoms with van der Waals surface area (Å²) in [5, 5.41) is 36.6. The minimum atomic E-state index is -2.02. The van der Waals surface area contributed by atoms with E-state index >= 15 is 0 Å². The molecule has 0 aliphatic heterocycles. The van der Waals surface area contributed by atoms with Gasteiger partial charge in [-0.25, -0.2) is 0 Å². The van der Waals surface area contributed by atoms with Crippen molar-refractivity contribution in [3.8, 4) is 24.3 Å². The van der Waals surface area contributed by atoms with Gasteiger partial charge < -0.3 is 0 Å². The number of hydrogen-bond donors (Lipinski definition) is 0. The van der Waals surface area contributed by atoms with Gasteiger partial charge in [0.1, 0.15) is 0 Å². The van der Waals surface area contributed by atoms with Gasteiger partial charge in [0.15, 0.2) is 0 Å². The van der Waals surface area contributed by atoms with E-state index in [-0.39, 0.29) is 23.7 Å². The van der Waals surface area contributed by atoms with E-state index in [1.807, 2.05) is 27.7 Å². The third-order valence-electron chi connectivity index (χ3n) is 3.84. The Morgan fingerprint density at radius 2 is 0.762 bits per heavy atom. The first-order chi connectivity index (χ1) is 9.82. The Morgan fingerprint density at radius 3 is 0.905 bits per heavy atom. The van der Waals surface area contributed by atoms with Crippen molar-refractivity contribution in [1.82, 2.24) is 0 Å². The summed E-state index contributed by atoms with van der Waals surface area (Å²) in [4.78, 5) is 0. The quantitative estimate of drug-likeness (QED) is 0.642. The summed E-state index contributed by atoms with van der Waals surface area (Å²) < 4.78 is 0. The average Bonchev–Trinajstić information content (AvgIpc) is 2.46. The normalized spacial score (nSPS) is 17.1. The topological polar surface area (TPSA) is 95.2 Å². The van der Waals surface area contributed by atoms with Crippen LogP contribution in [0.2, 0.25) is 0 Å². The molecule has 0 saturated heterocycles. The summed E-state index contributed by atoms with van der Waals surface area (Å²) in [7, 11) is -2.02. The Morgan fingerprint density at radius 1 is 0.571 bits per heavy atom. The molecule has 0 saturated carbocycles. The van der Waals surface area contributed by atoms with Crippen molar-refractivity contribution in [3.05, 3.63) is 0 Å². The summed E-state index contributed by atoms with van der Waals surface area (Å²) in [5.74, 6) is -0.336. The second-order valence-corrected chi connectivity index (χ2v) is 11.1. The van der Waals surface area contributed by atoms with E-state index < -0.39 is 7.26 Å². The number of nitriles is 4. The predicted molar refractivity (Wildman–Crippen MR) is 86.9 cm³/mol. The molecule has 5 heteroatoms. The molecule has 21 heavy (non-hydrogen) atoms. The maximum absolute atomic E-state index is 9.15. The van der Waals surface area contributed by atoms with Crippen molar-refractivity contribution in [2.75, 3.05) is 24.6 Å². The first-order valence-corrected chi connectivity index (χ1v) is 10.2. The van der Waals surface area contributed by atoms with Gasteiger partial charge in [0.05, 0.1) is 0 Å². The summed E-state index contributed by atoms with van der Waals surface area (Å²) in [5.41, 5.74) is 0. The van der Waals surface area contributed by atoms with Crippen molar-refractivity contribution in [2.45, 2.75) is 27.7 Å². The van der Waals surface area contributed by atoms with Crippen molar-refractivity contribution >= 4 is 7.26 Å². The molecule has 0 heterocycles. The fourth-order valence-corrected chi connectivity index (χ4v) is 9.84. The maximum atomic E-state index is 9.15. The van der Waals surface area contributed by atoms with Gasteiger partial charge in [0.25, 0.3) is 0 Å². The van der Waals surface area contributed by atoms with E-state index in [0.717, 1.165) is 24.6 Å². The van der Waals surface area contributed by atoms with Crippen LogP contribution in [-0.2, 0) is 0 Å². The zero-order chi connectivity index (χ0) is 16.5. The monoisotopic (exact) mass is 304 g/mol. The molecule has 4 nitrogen and oxygen atoms in total. The van der Waals surface area contributed by atoms with Crippen molar-refractivity contribution in [3.63, 3.8) is 0 Å². The van der Waals surface area contributed by atoms with Crippen molar-refractivity contribution < 1.29 is 0 Å². The third-order valence-corrected chi connectivity index (χ3v) is 9.75. The van der Waals surface area contributed by atoms with Gasteiger partial charge in [-0.05, 0) is 0 Å². The van der Waals surface area contributed by atoms with Gasteiger partial charge in [0, 0.05) is 0 Å². The molecule has 0 radical (unpaired) electrons. The fraction of sp³-hybridized carbons (Fsp3) is 0.750. The molecule has 0 aliphatic carbocycles. The molecule has 4 unspecified atom stereocenters. The Hall–Kier alpha value is -1.61. The molecule has 0 aromatic heterocycles. The van der Waals surface area contributed by atoms with Crippen LogP contribution in [-0.4, -0.2) is 24.6 Å². The molecule has 0 amide bonds. The molecule has 0 aliphatic rings. The van der Waals surface area contributed by atoms with Crippen LogP contribution in [0.3, 0.4) is 0 Å². The SMILES string of the molecule is CC(C#N)C[PH](CC(C)C#N)(CC(C)C#N)CC(C)C#N. The second-order valence-electron chi connectivity index (χ2n) is 6.44. The Balaban J connectivity index is 5.48. The first kappa shape index (κ1) is 19.4. The molecule has 0 bridgehead atoms. The Kier molecular flexibility index (Phi) is 8.63. The zero-order valence-electron chi connectivity index (χ0n) is 13.4. The van der Waals surface area contributed by atoms with Crippen LogP contribution >= 0.6 is 7.26 Å². The van der Waals surface area contributed by atoms with Crippen LogP contribution in [0.4, 0.5) is 0 Å². The second kappa shape index (κ2) is 9.35. The number of rotatable bonds is 8. The molecule has 0 spiro atoms. The molecule has 114 valence electrons. The number of nitrogens with zero attached hydrogens (tertiary/aromatic N) is 4. The van der Waals surface area contributed by atoms with Crippen LogP contribution in [0, 0.1) is 69.0 Å². The summed E-state index contributed by atoms with van der Waals surface area (Å²) >= 11 is 0. The van der Waals surface area contributed by atoms with Gasteiger partial charge in [-0.2, -0.15) is 0 Å². The van der Waals surface area contributed by atoms with Crippen LogP contribution in [0.15, 0.2) is 0 Å².